The average molecular weight is 273 g/mol. The van der Waals surface area contributed by atoms with Crippen LogP contribution in [-0.2, 0) is 11.2 Å². The van der Waals surface area contributed by atoms with E-state index in [1.165, 1.54) is 17.4 Å². The third-order valence-electron chi connectivity index (χ3n) is 2.66. The van der Waals surface area contributed by atoms with Gasteiger partial charge in [-0.05, 0) is 12.1 Å². The number of benzene rings is 1. The molecule has 0 aliphatic rings. The number of hydrogen-bond acceptors (Lipinski definition) is 4. The first-order valence-electron chi connectivity index (χ1n) is 5.71. The largest absolute Gasteiger partial charge is 0.506 e. The number of rotatable bonds is 3. The summed E-state index contributed by atoms with van der Waals surface area (Å²) < 4.78 is 1.88. The molecule has 0 fully saturated rings. The van der Waals surface area contributed by atoms with Gasteiger partial charge in [-0.2, -0.15) is 0 Å². The molecule has 1 amide bonds. The molecule has 0 atom stereocenters. The van der Waals surface area contributed by atoms with Gasteiger partial charge < -0.3 is 10.4 Å². The van der Waals surface area contributed by atoms with Crippen LogP contribution in [0, 0.1) is 0 Å². The molecule has 3 rings (SSSR count). The summed E-state index contributed by atoms with van der Waals surface area (Å²) in [6.45, 7) is 0. The van der Waals surface area contributed by atoms with Gasteiger partial charge in [-0.15, -0.1) is 11.3 Å². The summed E-state index contributed by atoms with van der Waals surface area (Å²) in [4.78, 5) is 17.1. The second-order valence-electron chi connectivity index (χ2n) is 4.07. The highest BCUT2D eigenvalue weighted by atomic mass is 32.1. The van der Waals surface area contributed by atoms with Crippen molar-refractivity contribution >= 4 is 27.9 Å². The van der Waals surface area contributed by atoms with E-state index in [-0.39, 0.29) is 18.1 Å². The number of thiazole rings is 1. The van der Waals surface area contributed by atoms with Crippen molar-refractivity contribution in [2.75, 3.05) is 5.32 Å². The number of carbonyl (C=O) groups excluding carboxylic acids is 1. The Morgan fingerprint density at radius 3 is 3.05 bits per heavy atom. The van der Waals surface area contributed by atoms with Crippen LogP contribution in [-0.4, -0.2) is 20.4 Å². The lowest BCUT2D eigenvalue weighted by molar-refractivity contribution is -0.115. The maximum Gasteiger partial charge on any atom is 0.230 e. The molecule has 0 saturated carbocycles. The Hall–Kier alpha value is -2.34. The number of phenols is 1. The highest BCUT2D eigenvalue weighted by molar-refractivity contribution is 7.15. The molecular weight excluding hydrogens is 262 g/mol. The summed E-state index contributed by atoms with van der Waals surface area (Å²) >= 11 is 1.52. The molecule has 2 N–H and O–H groups in total. The van der Waals surface area contributed by atoms with E-state index in [0.29, 0.717) is 11.4 Å². The Kier molecular flexibility index (Phi) is 2.92. The maximum absolute atomic E-state index is 11.9. The highest BCUT2D eigenvalue weighted by Gasteiger charge is 2.10. The molecule has 2 aromatic heterocycles. The first-order chi connectivity index (χ1) is 9.22. The van der Waals surface area contributed by atoms with Crippen molar-refractivity contribution in [1.82, 2.24) is 9.38 Å². The second kappa shape index (κ2) is 4.74. The van der Waals surface area contributed by atoms with Gasteiger partial charge in [0, 0.05) is 17.8 Å². The number of carbonyl (C=O) groups is 1. The predicted octanol–water partition coefficient (Wildman–Crippen LogP) is 2.28. The highest BCUT2D eigenvalue weighted by Crippen LogP contribution is 2.21. The van der Waals surface area contributed by atoms with E-state index < -0.39 is 0 Å². The maximum atomic E-state index is 11.9. The van der Waals surface area contributed by atoms with Gasteiger partial charge in [0.15, 0.2) is 4.96 Å². The number of anilines is 1. The van der Waals surface area contributed by atoms with Crippen molar-refractivity contribution < 1.29 is 9.90 Å². The fourth-order valence-electron chi connectivity index (χ4n) is 1.80. The first kappa shape index (κ1) is 11.7. The van der Waals surface area contributed by atoms with E-state index in [0.717, 1.165) is 4.96 Å². The number of phenolic OH excluding ortho intramolecular Hbond substituents is 1. The van der Waals surface area contributed by atoms with E-state index in [2.05, 4.69) is 10.3 Å². The third-order valence-corrected chi connectivity index (χ3v) is 3.43. The van der Waals surface area contributed by atoms with E-state index in [1.807, 2.05) is 22.2 Å². The number of nitrogens with one attached hydrogen (secondary N) is 1. The predicted molar refractivity (Wildman–Crippen MR) is 73.5 cm³/mol. The van der Waals surface area contributed by atoms with E-state index in [9.17, 15) is 9.90 Å². The van der Waals surface area contributed by atoms with Gasteiger partial charge in [0.1, 0.15) is 5.75 Å². The van der Waals surface area contributed by atoms with E-state index in [1.54, 1.807) is 18.2 Å². The van der Waals surface area contributed by atoms with Crippen LogP contribution >= 0.6 is 11.3 Å². The summed E-state index contributed by atoms with van der Waals surface area (Å²) in [6.07, 6.45) is 3.91. The number of aromatic hydroxyl groups is 1. The van der Waals surface area contributed by atoms with Gasteiger partial charge in [0.25, 0.3) is 0 Å². The molecule has 0 bridgehead atoms. The molecule has 19 heavy (non-hydrogen) atoms. The Labute approximate surface area is 113 Å². The molecular formula is C13H11N3O2S. The van der Waals surface area contributed by atoms with Crippen LogP contribution in [0.3, 0.4) is 0 Å². The normalized spacial score (nSPS) is 10.7. The number of imidazole rings is 1. The topological polar surface area (TPSA) is 66.6 Å². The molecule has 0 spiro atoms. The fraction of sp³-hybridized carbons (Fsp3) is 0.0769. The fourth-order valence-corrected chi connectivity index (χ4v) is 2.52. The minimum Gasteiger partial charge on any atom is -0.506 e. The quantitative estimate of drug-likeness (QED) is 0.719. The summed E-state index contributed by atoms with van der Waals surface area (Å²) in [5.41, 5.74) is 1.12. The third kappa shape index (κ3) is 2.43. The number of hydrogen-bond donors (Lipinski definition) is 2. The van der Waals surface area contributed by atoms with Crippen molar-refractivity contribution in [3.63, 3.8) is 0 Å². The summed E-state index contributed by atoms with van der Waals surface area (Å²) in [5.74, 6) is -0.145. The second-order valence-corrected chi connectivity index (χ2v) is 4.94. The van der Waals surface area contributed by atoms with Gasteiger partial charge in [-0.3, -0.25) is 9.20 Å². The molecule has 5 nitrogen and oxygen atoms in total. The van der Waals surface area contributed by atoms with E-state index in [4.69, 9.17) is 0 Å². The number of amides is 1. The molecule has 0 radical (unpaired) electrons. The standard InChI is InChI=1S/C13H11N3O2S/c17-11-4-2-1-3-10(11)15-12(18)7-9-8-16-5-6-19-13(16)14-9/h1-6,8,17H,7H2,(H,15,18). The number of aromatic nitrogens is 2. The lowest BCUT2D eigenvalue weighted by Gasteiger charge is -2.05. The number of para-hydroxylation sites is 2. The average Bonchev–Trinajstić information content (AvgIpc) is 2.92. The van der Waals surface area contributed by atoms with Gasteiger partial charge in [-0.1, -0.05) is 12.1 Å². The molecule has 0 aliphatic carbocycles. The van der Waals surface area contributed by atoms with Crippen molar-refractivity contribution in [1.29, 1.82) is 0 Å². The minimum absolute atomic E-state index is 0.0571. The number of nitrogens with zero attached hydrogens (tertiary/aromatic N) is 2. The summed E-state index contributed by atoms with van der Waals surface area (Å²) in [6, 6.07) is 6.64. The van der Waals surface area contributed by atoms with Gasteiger partial charge in [0.2, 0.25) is 5.91 Å². The minimum atomic E-state index is -0.202. The van der Waals surface area contributed by atoms with Crippen molar-refractivity contribution in [2.24, 2.45) is 0 Å². The van der Waals surface area contributed by atoms with Crippen LogP contribution in [0.2, 0.25) is 0 Å². The van der Waals surface area contributed by atoms with Crippen LogP contribution in [0.25, 0.3) is 4.96 Å². The zero-order chi connectivity index (χ0) is 13.2. The van der Waals surface area contributed by atoms with Crippen molar-refractivity contribution in [3.05, 3.63) is 47.7 Å². The van der Waals surface area contributed by atoms with Crippen molar-refractivity contribution in [3.8, 4) is 5.75 Å². The Morgan fingerprint density at radius 1 is 1.42 bits per heavy atom. The van der Waals surface area contributed by atoms with Gasteiger partial charge in [0.05, 0.1) is 17.8 Å². The molecule has 2 heterocycles. The Morgan fingerprint density at radius 2 is 2.26 bits per heavy atom. The molecule has 0 saturated heterocycles. The molecule has 1 aromatic carbocycles. The smallest absolute Gasteiger partial charge is 0.230 e. The zero-order valence-electron chi connectivity index (χ0n) is 9.91. The van der Waals surface area contributed by atoms with Crippen LogP contribution in [0.15, 0.2) is 42.0 Å². The van der Waals surface area contributed by atoms with Gasteiger partial charge >= 0.3 is 0 Å². The lowest BCUT2D eigenvalue weighted by atomic mass is 10.2. The number of fused-ring (bicyclic) bond motifs is 1. The Bertz CT molecular complexity index is 704. The van der Waals surface area contributed by atoms with Crippen LogP contribution < -0.4 is 5.32 Å². The first-order valence-corrected chi connectivity index (χ1v) is 6.59. The zero-order valence-corrected chi connectivity index (χ0v) is 10.7. The van der Waals surface area contributed by atoms with Crippen LogP contribution in [0.1, 0.15) is 5.69 Å². The lowest BCUT2D eigenvalue weighted by Crippen LogP contribution is -2.14. The SMILES string of the molecule is O=C(Cc1cn2ccsc2n1)Nc1ccccc1O. The van der Waals surface area contributed by atoms with Crippen LogP contribution in [0.4, 0.5) is 5.69 Å². The van der Waals surface area contributed by atoms with E-state index >= 15 is 0 Å². The monoisotopic (exact) mass is 273 g/mol. The van der Waals surface area contributed by atoms with Crippen LogP contribution in [0.5, 0.6) is 5.75 Å². The van der Waals surface area contributed by atoms with Crippen molar-refractivity contribution in [2.45, 2.75) is 6.42 Å². The summed E-state index contributed by atoms with van der Waals surface area (Å²) in [7, 11) is 0. The summed E-state index contributed by atoms with van der Waals surface area (Å²) in [5, 5.41) is 14.2. The Balaban J connectivity index is 1.72. The molecule has 6 heteroatoms. The molecule has 0 aliphatic heterocycles. The van der Waals surface area contributed by atoms with Gasteiger partial charge in [-0.25, -0.2) is 4.98 Å². The molecule has 0 unspecified atom stereocenters. The molecule has 96 valence electrons. The molecule has 3 aromatic rings.